The number of anilines is 1. The van der Waals surface area contributed by atoms with Gasteiger partial charge in [-0.25, -0.2) is 0 Å². The first-order valence-corrected chi connectivity index (χ1v) is 9.91. The van der Waals surface area contributed by atoms with E-state index in [1.54, 1.807) is 18.2 Å². The molecule has 2 N–H and O–H groups in total. The molecule has 0 spiro atoms. The summed E-state index contributed by atoms with van der Waals surface area (Å²) in [6.45, 7) is 1.88. The predicted molar refractivity (Wildman–Crippen MR) is 114 cm³/mol. The summed E-state index contributed by atoms with van der Waals surface area (Å²) in [6, 6.07) is 21.2. The summed E-state index contributed by atoms with van der Waals surface area (Å²) in [5.74, 6) is 0.536. The van der Waals surface area contributed by atoms with Crippen LogP contribution in [0, 0.1) is 5.92 Å². The van der Waals surface area contributed by atoms with Crippen LogP contribution in [0.25, 0.3) is 10.8 Å². The molecule has 5 heteroatoms. The van der Waals surface area contributed by atoms with E-state index >= 15 is 0 Å². The Labute approximate surface area is 170 Å². The molecular formula is C24H24N2O3. The van der Waals surface area contributed by atoms with Crippen LogP contribution in [-0.2, 0) is 9.59 Å². The maximum absolute atomic E-state index is 12.4. The summed E-state index contributed by atoms with van der Waals surface area (Å²) in [4.78, 5) is 24.3. The zero-order valence-corrected chi connectivity index (χ0v) is 16.4. The Morgan fingerprint density at radius 3 is 2.62 bits per heavy atom. The van der Waals surface area contributed by atoms with Gasteiger partial charge < -0.3 is 15.4 Å². The van der Waals surface area contributed by atoms with E-state index in [9.17, 15) is 9.59 Å². The third-order valence-electron chi connectivity index (χ3n) is 5.09. The van der Waals surface area contributed by atoms with Crippen molar-refractivity contribution >= 4 is 28.3 Å². The fraction of sp³-hybridized carbons (Fsp3) is 0.250. The number of hydrogen-bond donors (Lipinski definition) is 2. The van der Waals surface area contributed by atoms with E-state index in [1.165, 1.54) is 0 Å². The number of hydrogen-bond acceptors (Lipinski definition) is 3. The summed E-state index contributed by atoms with van der Waals surface area (Å²) < 4.78 is 5.63. The van der Waals surface area contributed by atoms with Crippen molar-refractivity contribution in [1.82, 2.24) is 5.32 Å². The second-order valence-corrected chi connectivity index (χ2v) is 7.44. The molecule has 1 saturated carbocycles. The minimum absolute atomic E-state index is 0.0452. The van der Waals surface area contributed by atoms with Crippen LogP contribution in [-0.4, -0.2) is 18.4 Å². The monoisotopic (exact) mass is 388 g/mol. The number of carbonyl (C=O) groups excluding carboxylic acids is 2. The van der Waals surface area contributed by atoms with Gasteiger partial charge in [0.05, 0.1) is 6.04 Å². The number of benzene rings is 3. The van der Waals surface area contributed by atoms with Crippen LogP contribution in [0.5, 0.6) is 5.75 Å². The molecule has 1 unspecified atom stereocenters. The average Bonchev–Trinajstić information content (AvgIpc) is 3.57. The third kappa shape index (κ3) is 4.74. The number of amides is 2. The lowest BCUT2D eigenvalue weighted by Gasteiger charge is -2.17. The minimum atomic E-state index is -0.196. The lowest BCUT2D eigenvalue weighted by Crippen LogP contribution is -2.31. The fourth-order valence-electron chi connectivity index (χ4n) is 3.39. The van der Waals surface area contributed by atoms with Crippen molar-refractivity contribution in [2.24, 2.45) is 5.92 Å². The first-order valence-electron chi connectivity index (χ1n) is 9.91. The molecule has 5 nitrogen and oxygen atoms in total. The first kappa shape index (κ1) is 19.0. The van der Waals surface area contributed by atoms with E-state index in [1.807, 2.05) is 37.3 Å². The highest BCUT2D eigenvalue weighted by atomic mass is 16.5. The van der Waals surface area contributed by atoms with Gasteiger partial charge in [0.2, 0.25) is 5.91 Å². The highest BCUT2D eigenvalue weighted by molar-refractivity contribution is 5.94. The second-order valence-electron chi connectivity index (χ2n) is 7.44. The van der Waals surface area contributed by atoms with Gasteiger partial charge in [0, 0.05) is 17.7 Å². The van der Waals surface area contributed by atoms with Gasteiger partial charge in [-0.15, -0.1) is 0 Å². The number of fused-ring (bicyclic) bond motifs is 1. The Hall–Kier alpha value is -3.34. The molecule has 2 amide bonds. The molecular weight excluding hydrogens is 364 g/mol. The van der Waals surface area contributed by atoms with E-state index in [0.717, 1.165) is 29.2 Å². The van der Waals surface area contributed by atoms with Crippen molar-refractivity contribution in [3.8, 4) is 5.75 Å². The number of rotatable bonds is 7. The maximum Gasteiger partial charge on any atom is 0.258 e. The zero-order valence-electron chi connectivity index (χ0n) is 16.4. The number of ether oxygens (including phenoxy) is 1. The Kier molecular flexibility index (Phi) is 5.47. The largest absolute Gasteiger partial charge is 0.484 e. The topological polar surface area (TPSA) is 67.4 Å². The van der Waals surface area contributed by atoms with Gasteiger partial charge in [-0.3, -0.25) is 9.59 Å². The van der Waals surface area contributed by atoms with Gasteiger partial charge in [-0.2, -0.15) is 0 Å². The molecule has 3 aromatic rings. The Balaban J connectivity index is 1.34. The van der Waals surface area contributed by atoms with E-state index in [2.05, 4.69) is 28.8 Å². The molecule has 4 rings (SSSR count). The fourth-order valence-corrected chi connectivity index (χ4v) is 3.39. The second kappa shape index (κ2) is 8.35. The van der Waals surface area contributed by atoms with Crippen molar-refractivity contribution in [2.45, 2.75) is 25.8 Å². The van der Waals surface area contributed by atoms with Crippen molar-refractivity contribution in [3.05, 3.63) is 72.3 Å². The Morgan fingerprint density at radius 2 is 1.79 bits per heavy atom. The SMILES string of the molecule is CC(NC(=O)COc1cccc(NC(=O)C2CC2)c1)c1cccc2ccccc12. The Bertz CT molecular complexity index is 1040. The van der Waals surface area contributed by atoms with Crippen LogP contribution >= 0.6 is 0 Å². The van der Waals surface area contributed by atoms with E-state index in [0.29, 0.717) is 11.4 Å². The smallest absolute Gasteiger partial charge is 0.258 e. The molecule has 0 heterocycles. The lowest BCUT2D eigenvalue weighted by atomic mass is 10.00. The van der Waals surface area contributed by atoms with Crippen molar-refractivity contribution in [2.75, 3.05) is 11.9 Å². The zero-order chi connectivity index (χ0) is 20.2. The van der Waals surface area contributed by atoms with Crippen molar-refractivity contribution < 1.29 is 14.3 Å². The van der Waals surface area contributed by atoms with Gasteiger partial charge >= 0.3 is 0 Å². The van der Waals surface area contributed by atoms with Gasteiger partial charge in [-0.05, 0) is 48.2 Å². The molecule has 0 saturated heterocycles. The molecule has 0 aliphatic heterocycles. The molecule has 0 bridgehead atoms. The van der Waals surface area contributed by atoms with Gasteiger partial charge in [0.15, 0.2) is 6.61 Å². The first-order chi connectivity index (χ1) is 14.1. The summed E-state index contributed by atoms with van der Waals surface area (Å²) >= 11 is 0. The molecule has 1 aliphatic rings. The summed E-state index contributed by atoms with van der Waals surface area (Å²) in [7, 11) is 0. The number of carbonyl (C=O) groups is 2. The summed E-state index contributed by atoms with van der Waals surface area (Å²) in [5.41, 5.74) is 1.75. The van der Waals surface area contributed by atoms with E-state index < -0.39 is 0 Å². The maximum atomic E-state index is 12.4. The average molecular weight is 388 g/mol. The van der Waals surface area contributed by atoms with Crippen molar-refractivity contribution in [1.29, 1.82) is 0 Å². The lowest BCUT2D eigenvalue weighted by molar-refractivity contribution is -0.123. The standard InChI is InChI=1S/C24H24N2O3/c1-16(21-11-4-7-17-6-2-3-10-22(17)21)25-23(27)15-29-20-9-5-8-19(14-20)26-24(28)18-12-13-18/h2-11,14,16,18H,12-13,15H2,1H3,(H,25,27)(H,26,28). The van der Waals surface area contributed by atoms with Crippen LogP contribution in [0.2, 0.25) is 0 Å². The van der Waals surface area contributed by atoms with Crippen LogP contribution < -0.4 is 15.4 Å². The molecule has 148 valence electrons. The molecule has 0 radical (unpaired) electrons. The normalized spacial score (nSPS) is 14.2. The van der Waals surface area contributed by atoms with Gasteiger partial charge in [-0.1, -0.05) is 48.5 Å². The quantitative estimate of drug-likeness (QED) is 0.629. The van der Waals surface area contributed by atoms with E-state index in [-0.39, 0.29) is 30.4 Å². The Morgan fingerprint density at radius 1 is 1.03 bits per heavy atom. The molecule has 29 heavy (non-hydrogen) atoms. The van der Waals surface area contributed by atoms with Crippen LogP contribution in [0.3, 0.4) is 0 Å². The summed E-state index contributed by atoms with van der Waals surface area (Å²) in [6.07, 6.45) is 1.91. The summed E-state index contributed by atoms with van der Waals surface area (Å²) in [5, 5.41) is 8.15. The molecule has 1 aliphatic carbocycles. The van der Waals surface area contributed by atoms with E-state index in [4.69, 9.17) is 4.74 Å². The van der Waals surface area contributed by atoms with Gasteiger partial charge in [0.1, 0.15) is 5.75 Å². The van der Waals surface area contributed by atoms with Crippen LogP contribution in [0.1, 0.15) is 31.4 Å². The van der Waals surface area contributed by atoms with Crippen molar-refractivity contribution in [3.63, 3.8) is 0 Å². The number of nitrogens with one attached hydrogen (secondary N) is 2. The highest BCUT2D eigenvalue weighted by Crippen LogP contribution is 2.30. The molecule has 1 fully saturated rings. The highest BCUT2D eigenvalue weighted by Gasteiger charge is 2.29. The van der Waals surface area contributed by atoms with Crippen LogP contribution in [0.4, 0.5) is 5.69 Å². The predicted octanol–water partition coefficient (Wildman–Crippen LogP) is 4.44. The molecule has 1 atom stereocenters. The van der Waals surface area contributed by atoms with Crippen LogP contribution in [0.15, 0.2) is 66.7 Å². The molecule has 3 aromatic carbocycles. The van der Waals surface area contributed by atoms with Gasteiger partial charge in [0.25, 0.3) is 5.91 Å². The third-order valence-corrected chi connectivity index (χ3v) is 5.09. The molecule has 0 aromatic heterocycles. The minimum Gasteiger partial charge on any atom is -0.484 e.